The average molecular weight is 447 g/mol. The number of aliphatic carboxylic acids is 1. The number of rotatable bonds is 10. The molecule has 0 spiro atoms. The summed E-state index contributed by atoms with van der Waals surface area (Å²) in [6.45, 7) is 7.78. The topological polar surface area (TPSA) is 54.7 Å². The molecule has 5 nitrogen and oxygen atoms in total. The van der Waals surface area contributed by atoms with E-state index in [4.69, 9.17) is 9.84 Å². The van der Waals surface area contributed by atoms with Gasteiger partial charge in [-0.2, -0.15) is 0 Å². The van der Waals surface area contributed by atoms with Crippen molar-refractivity contribution in [3.63, 3.8) is 0 Å². The van der Waals surface area contributed by atoms with Gasteiger partial charge < -0.3 is 19.3 Å². The molecule has 3 aromatic rings. The lowest BCUT2D eigenvalue weighted by atomic mass is 9.89. The Bertz CT molecular complexity index is 1080. The number of ether oxygens (including phenoxy) is 1. The summed E-state index contributed by atoms with van der Waals surface area (Å²) in [7, 11) is 0. The molecule has 1 aromatic heterocycles. The second-order valence-corrected chi connectivity index (χ2v) is 8.77. The first-order chi connectivity index (χ1) is 16.1. The summed E-state index contributed by atoms with van der Waals surface area (Å²) >= 11 is 0. The van der Waals surface area contributed by atoms with Crippen LogP contribution in [0, 0.1) is 0 Å². The second kappa shape index (κ2) is 11.3. The number of carboxylic acids is 1. The van der Waals surface area contributed by atoms with Crippen molar-refractivity contribution < 1.29 is 14.6 Å². The molecule has 0 atom stereocenters. The third-order valence-corrected chi connectivity index (χ3v) is 6.64. The molecule has 1 N–H and O–H groups in total. The Morgan fingerprint density at radius 1 is 1.09 bits per heavy atom. The number of hydrogen-bond acceptors (Lipinski definition) is 3. The Balaban J connectivity index is 1.32. The van der Waals surface area contributed by atoms with E-state index >= 15 is 0 Å². The van der Waals surface area contributed by atoms with Gasteiger partial charge in [0.2, 0.25) is 0 Å². The predicted octanol–water partition coefficient (Wildman–Crippen LogP) is 5.20. The smallest absolute Gasteiger partial charge is 0.328 e. The molecule has 5 heteroatoms. The van der Waals surface area contributed by atoms with Gasteiger partial charge in [-0.05, 0) is 74.0 Å². The maximum absolute atomic E-state index is 10.7. The van der Waals surface area contributed by atoms with Crippen LogP contribution in [0.2, 0.25) is 0 Å². The van der Waals surface area contributed by atoms with Gasteiger partial charge in [-0.25, -0.2) is 4.79 Å². The van der Waals surface area contributed by atoms with Crippen molar-refractivity contribution in [3.8, 4) is 0 Å². The number of carbonyl (C=O) groups is 1. The van der Waals surface area contributed by atoms with Gasteiger partial charge >= 0.3 is 5.97 Å². The number of piperidine rings is 1. The van der Waals surface area contributed by atoms with Crippen molar-refractivity contribution in [1.29, 1.82) is 0 Å². The van der Waals surface area contributed by atoms with Gasteiger partial charge in [0.15, 0.2) is 0 Å². The highest BCUT2D eigenvalue weighted by molar-refractivity contribution is 5.85. The van der Waals surface area contributed by atoms with Crippen LogP contribution in [0.15, 0.2) is 60.8 Å². The van der Waals surface area contributed by atoms with E-state index in [2.05, 4.69) is 52.1 Å². The van der Waals surface area contributed by atoms with Crippen molar-refractivity contribution in [2.75, 3.05) is 32.8 Å². The first kappa shape index (κ1) is 23.3. The largest absolute Gasteiger partial charge is 0.478 e. The van der Waals surface area contributed by atoms with Gasteiger partial charge in [-0.15, -0.1) is 0 Å². The maximum atomic E-state index is 10.7. The summed E-state index contributed by atoms with van der Waals surface area (Å²) < 4.78 is 7.96. The van der Waals surface area contributed by atoms with E-state index in [0.717, 1.165) is 51.4 Å². The van der Waals surface area contributed by atoms with Crippen molar-refractivity contribution in [1.82, 2.24) is 9.47 Å². The third-order valence-electron chi connectivity index (χ3n) is 6.64. The Morgan fingerprint density at radius 2 is 1.85 bits per heavy atom. The molecule has 1 aliphatic rings. The minimum absolute atomic E-state index is 0.611. The number of carboxylic acid groups (broad SMARTS) is 1. The van der Waals surface area contributed by atoms with E-state index < -0.39 is 5.97 Å². The fourth-order valence-electron chi connectivity index (χ4n) is 4.81. The molecule has 2 aromatic carbocycles. The predicted molar refractivity (Wildman–Crippen MR) is 134 cm³/mol. The molecule has 0 saturated carbocycles. The standard InChI is InChI=1S/C28H34N2O3/c1-2-33-20-19-30-21-26(25-5-3-4-6-27(25)30)24-14-17-29(18-15-24)16-13-23-9-7-22(8-10-23)11-12-28(31)32/h3-12,21,24H,2,13-20H2,1H3,(H,31,32)/b12-11+. The average Bonchev–Trinajstić information content (AvgIpc) is 3.21. The Kier molecular flexibility index (Phi) is 7.97. The molecule has 0 bridgehead atoms. The van der Waals surface area contributed by atoms with Crippen molar-refractivity contribution in [3.05, 3.63) is 77.5 Å². The molecule has 2 heterocycles. The van der Waals surface area contributed by atoms with Crippen LogP contribution in [0.4, 0.5) is 0 Å². The summed E-state index contributed by atoms with van der Waals surface area (Å²) in [6.07, 6.45) is 8.58. The molecule has 0 unspecified atom stereocenters. The number of hydrogen-bond donors (Lipinski definition) is 1. The molecule has 33 heavy (non-hydrogen) atoms. The Labute approximate surface area is 196 Å². The lowest BCUT2D eigenvalue weighted by Crippen LogP contribution is -2.34. The maximum Gasteiger partial charge on any atom is 0.328 e. The molecular weight excluding hydrogens is 412 g/mol. The molecule has 0 aliphatic carbocycles. The van der Waals surface area contributed by atoms with Crippen LogP contribution in [0.25, 0.3) is 17.0 Å². The van der Waals surface area contributed by atoms with Gasteiger partial charge in [-0.1, -0.05) is 42.5 Å². The van der Waals surface area contributed by atoms with Crippen LogP contribution in [0.1, 0.15) is 42.4 Å². The molecule has 1 aliphatic heterocycles. The zero-order valence-corrected chi connectivity index (χ0v) is 19.5. The molecule has 0 amide bonds. The monoisotopic (exact) mass is 446 g/mol. The zero-order valence-electron chi connectivity index (χ0n) is 19.5. The molecule has 4 rings (SSSR count). The summed E-state index contributed by atoms with van der Waals surface area (Å²) in [5.41, 5.74) is 5.02. The molecule has 1 saturated heterocycles. The summed E-state index contributed by atoms with van der Waals surface area (Å²) in [6, 6.07) is 16.9. The highest BCUT2D eigenvalue weighted by Crippen LogP contribution is 2.34. The molecule has 174 valence electrons. The van der Waals surface area contributed by atoms with Gasteiger partial charge in [0.05, 0.1) is 6.61 Å². The molecule has 1 fully saturated rings. The zero-order chi connectivity index (χ0) is 23.0. The number of likely N-dealkylation sites (tertiary alicyclic amines) is 1. The lowest BCUT2D eigenvalue weighted by molar-refractivity contribution is -0.131. The van der Waals surface area contributed by atoms with E-state index in [0.29, 0.717) is 5.92 Å². The lowest BCUT2D eigenvalue weighted by Gasteiger charge is -2.32. The van der Waals surface area contributed by atoms with E-state index in [1.807, 2.05) is 19.1 Å². The number of fused-ring (bicyclic) bond motifs is 1. The fourth-order valence-corrected chi connectivity index (χ4v) is 4.81. The van der Waals surface area contributed by atoms with Crippen LogP contribution in [-0.4, -0.2) is 53.4 Å². The number of para-hydroxylation sites is 1. The molecular formula is C28H34N2O3. The Hall–Kier alpha value is -2.89. The van der Waals surface area contributed by atoms with Crippen LogP contribution >= 0.6 is 0 Å². The van der Waals surface area contributed by atoms with Gasteiger partial charge in [0.1, 0.15) is 0 Å². The second-order valence-electron chi connectivity index (χ2n) is 8.77. The van der Waals surface area contributed by atoms with Crippen LogP contribution in [-0.2, 0) is 22.5 Å². The van der Waals surface area contributed by atoms with Gasteiger partial charge in [0, 0.05) is 42.9 Å². The van der Waals surface area contributed by atoms with E-state index in [1.54, 1.807) is 6.08 Å². The molecule has 0 radical (unpaired) electrons. The quantitative estimate of drug-likeness (QED) is 0.344. The first-order valence-electron chi connectivity index (χ1n) is 12.0. The summed E-state index contributed by atoms with van der Waals surface area (Å²) in [5.74, 6) is -0.308. The van der Waals surface area contributed by atoms with E-state index in [9.17, 15) is 4.79 Å². The van der Waals surface area contributed by atoms with Gasteiger partial charge in [0.25, 0.3) is 0 Å². The van der Waals surface area contributed by atoms with Crippen molar-refractivity contribution in [2.45, 2.75) is 38.6 Å². The first-order valence-corrected chi connectivity index (χ1v) is 12.0. The van der Waals surface area contributed by atoms with E-state index in [-0.39, 0.29) is 0 Å². The van der Waals surface area contributed by atoms with Crippen molar-refractivity contribution in [2.24, 2.45) is 0 Å². The summed E-state index contributed by atoms with van der Waals surface area (Å²) in [4.78, 5) is 13.2. The highest BCUT2D eigenvalue weighted by atomic mass is 16.5. The number of benzene rings is 2. The minimum Gasteiger partial charge on any atom is -0.478 e. The number of nitrogens with zero attached hydrogens (tertiary/aromatic N) is 2. The summed E-state index contributed by atoms with van der Waals surface area (Å²) in [5, 5.41) is 10.1. The van der Waals surface area contributed by atoms with Crippen molar-refractivity contribution >= 4 is 22.9 Å². The Morgan fingerprint density at radius 3 is 2.58 bits per heavy atom. The van der Waals surface area contributed by atoms with E-state index in [1.165, 1.54) is 40.9 Å². The fraction of sp³-hybridized carbons (Fsp3) is 0.393. The normalized spacial score (nSPS) is 15.5. The van der Waals surface area contributed by atoms with Crippen LogP contribution in [0.3, 0.4) is 0 Å². The van der Waals surface area contributed by atoms with Crippen LogP contribution in [0.5, 0.6) is 0 Å². The number of aromatic nitrogens is 1. The van der Waals surface area contributed by atoms with Gasteiger partial charge in [-0.3, -0.25) is 0 Å². The third kappa shape index (κ3) is 6.12. The SMILES string of the molecule is CCOCCn1cc(C2CCN(CCc3ccc(/C=C/C(=O)O)cc3)CC2)c2ccccc21. The highest BCUT2D eigenvalue weighted by Gasteiger charge is 2.23. The van der Waals surface area contributed by atoms with Crippen LogP contribution < -0.4 is 0 Å². The minimum atomic E-state index is -0.919.